The van der Waals surface area contributed by atoms with Crippen LogP contribution < -0.4 is 0 Å². The van der Waals surface area contributed by atoms with E-state index < -0.39 is 25.1 Å². The summed E-state index contributed by atoms with van der Waals surface area (Å²) in [7, 11) is -3.69. The van der Waals surface area contributed by atoms with Gasteiger partial charge in [-0.25, -0.2) is 0 Å². The van der Waals surface area contributed by atoms with Crippen LogP contribution in [-0.2, 0) is 23.1 Å². The predicted molar refractivity (Wildman–Crippen MR) is 104 cm³/mol. The van der Waals surface area contributed by atoms with Gasteiger partial charge in [-0.15, -0.1) is 0 Å². The molecule has 6 heteroatoms. The van der Waals surface area contributed by atoms with Gasteiger partial charge >= 0.3 is 13.6 Å². The van der Waals surface area contributed by atoms with Crippen LogP contribution in [-0.4, -0.2) is 31.4 Å². The fraction of sp³-hybridized carbons (Fsp3) is 0.450. The van der Waals surface area contributed by atoms with E-state index in [4.69, 9.17) is 13.8 Å². The summed E-state index contributed by atoms with van der Waals surface area (Å²) in [6, 6.07) is 13.8. The van der Waals surface area contributed by atoms with Gasteiger partial charge in [0.25, 0.3) is 0 Å². The van der Waals surface area contributed by atoms with Gasteiger partial charge in [-0.05, 0) is 37.1 Å². The minimum atomic E-state index is -3.69. The molecule has 2 aromatic rings. The summed E-state index contributed by atoms with van der Waals surface area (Å²) in [6.07, 6.45) is 0. The molecule has 142 valence electrons. The molecular weight excluding hydrogens is 351 g/mol. The Labute approximate surface area is 155 Å². The molecular formula is C20H27O5P. The molecule has 0 aliphatic rings. The monoisotopic (exact) mass is 378 g/mol. The first kappa shape index (κ1) is 20.6. The molecule has 0 aromatic heterocycles. The summed E-state index contributed by atoms with van der Waals surface area (Å²) >= 11 is 0. The molecule has 0 radical (unpaired) electrons. The minimum absolute atomic E-state index is 0.190. The number of carbonyl (C=O) groups is 1. The summed E-state index contributed by atoms with van der Waals surface area (Å²) in [5.41, 5.74) is -0.103. The lowest BCUT2D eigenvalue weighted by Gasteiger charge is -2.29. The molecule has 0 saturated heterocycles. The first-order valence-corrected chi connectivity index (χ1v) is 10.6. The molecule has 26 heavy (non-hydrogen) atoms. The minimum Gasteiger partial charge on any atom is -0.465 e. The smallest absolute Gasteiger partial charge is 0.345 e. The Hall–Kier alpha value is -1.68. The molecule has 5 nitrogen and oxygen atoms in total. The Morgan fingerprint density at radius 3 is 2.19 bits per heavy atom. The van der Waals surface area contributed by atoms with E-state index in [1.807, 2.05) is 49.4 Å². The van der Waals surface area contributed by atoms with Crippen LogP contribution in [0.1, 0.15) is 39.2 Å². The normalized spacial score (nSPS) is 14.2. The SMILES string of the molecule is CCOC(=O)[C@H]([C@@H](C)c1cccc2ccccc12)P(=O)(OCC)OCC. The van der Waals surface area contributed by atoms with Gasteiger partial charge in [-0.2, -0.15) is 0 Å². The Kier molecular flexibility index (Phi) is 7.39. The highest BCUT2D eigenvalue weighted by Crippen LogP contribution is 2.58. The number of ether oxygens (including phenoxy) is 1. The number of fused-ring (bicyclic) bond motifs is 1. The van der Waals surface area contributed by atoms with E-state index in [-0.39, 0.29) is 19.8 Å². The van der Waals surface area contributed by atoms with Gasteiger partial charge in [0, 0.05) is 5.92 Å². The number of carbonyl (C=O) groups excluding carboxylic acids is 1. The maximum Gasteiger partial charge on any atom is 0.345 e. The van der Waals surface area contributed by atoms with Crippen molar-refractivity contribution in [2.45, 2.75) is 39.3 Å². The van der Waals surface area contributed by atoms with Crippen molar-refractivity contribution in [3.05, 3.63) is 48.0 Å². The van der Waals surface area contributed by atoms with Crippen LogP contribution in [0.3, 0.4) is 0 Å². The Morgan fingerprint density at radius 2 is 1.58 bits per heavy atom. The second-order valence-corrected chi connectivity index (χ2v) is 8.08. The largest absolute Gasteiger partial charge is 0.465 e. The van der Waals surface area contributed by atoms with Gasteiger partial charge in [0.2, 0.25) is 0 Å². The van der Waals surface area contributed by atoms with E-state index in [2.05, 4.69) is 0 Å². The highest BCUT2D eigenvalue weighted by Gasteiger charge is 2.46. The molecule has 2 rings (SSSR count). The number of rotatable bonds is 9. The van der Waals surface area contributed by atoms with E-state index in [1.165, 1.54) is 0 Å². The standard InChI is InChI=1S/C20H27O5P/c1-5-23-20(21)19(26(22,24-6-2)25-7-3)15(4)17-14-10-12-16-11-8-9-13-18(16)17/h8-15,19H,5-7H2,1-4H3/t15-,19-/m0/s1. The highest BCUT2D eigenvalue weighted by molar-refractivity contribution is 7.55. The van der Waals surface area contributed by atoms with Crippen molar-refractivity contribution < 1.29 is 23.1 Å². The maximum absolute atomic E-state index is 13.4. The van der Waals surface area contributed by atoms with Gasteiger partial charge in [0.15, 0.2) is 5.66 Å². The number of esters is 1. The third kappa shape index (κ3) is 4.35. The number of hydrogen-bond donors (Lipinski definition) is 0. The third-order valence-corrected chi connectivity index (χ3v) is 6.85. The van der Waals surface area contributed by atoms with Gasteiger partial charge in [0.1, 0.15) is 0 Å². The van der Waals surface area contributed by atoms with Crippen molar-refractivity contribution >= 4 is 24.3 Å². The fourth-order valence-corrected chi connectivity index (χ4v) is 5.37. The van der Waals surface area contributed by atoms with Gasteiger partial charge in [-0.1, -0.05) is 49.4 Å². The Balaban J connectivity index is 2.56. The predicted octanol–water partition coefficient (Wildman–Crippen LogP) is 5.14. The number of benzene rings is 2. The van der Waals surface area contributed by atoms with Crippen LogP contribution in [0.4, 0.5) is 0 Å². The third-order valence-electron chi connectivity index (χ3n) is 4.27. The molecule has 0 aliphatic carbocycles. The molecule has 0 amide bonds. The lowest BCUT2D eigenvalue weighted by molar-refractivity contribution is -0.143. The van der Waals surface area contributed by atoms with Crippen LogP contribution in [0.5, 0.6) is 0 Å². The quantitative estimate of drug-likeness (QED) is 0.446. The average molecular weight is 378 g/mol. The summed E-state index contributed by atoms with van der Waals surface area (Å²) in [5, 5.41) is 2.07. The Morgan fingerprint density at radius 1 is 0.962 bits per heavy atom. The van der Waals surface area contributed by atoms with Crippen LogP contribution in [0.15, 0.2) is 42.5 Å². The molecule has 0 bridgehead atoms. The van der Waals surface area contributed by atoms with Crippen molar-refractivity contribution in [2.75, 3.05) is 19.8 Å². The first-order chi connectivity index (χ1) is 12.5. The van der Waals surface area contributed by atoms with E-state index >= 15 is 0 Å². The zero-order valence-corrected chi connectivity index (χ0v) is 16.7. The first-order valence-electron chi connectivity index (χ1n) is 9.01. The van der Waals surface area contributed by atoms with Crippen molar-refractivity contribution in [3.8, 4) is 0 Å². The van der Waals surface area contributed by atoms with Gasteiger partial charge in [-0.3, -0.25) is 9.36 Å². The van der Waals surface area contributed by atoms with Crippen LogP contribution in [0, 0.1) is 0 Å². The van der Waals surface area contributed by atoms with Crippen molar-refractivity contribution in [1.29, 1.82) is 0 Å². The zero-order valence-electron chi connectivity index (χ0n) is 15.8. The van der Waals surface area contributed by atoms with Crippen molar-refractivity contribution in [1.82, 2.24) is 0 Å². The second-order valence-electron chi connectivity index (χ2n) is 5.93. The molecule has 0 heterocycles. The average Bonchev–Trinajstić information content (AvgIpc) is 2.61. The lowest BCUT2D eigenvalue weighted by atomic mass is 9.92. The summed E-state index contributed by atoms with van der Waals surface area (Å²) in [4.78, 5) is 12.7. The molecule has 0 saturated carbocycles. The molecule has 0 N–H and O–H groups in total. The maximum atomic E-state index is 13.4. The van der Waals surface area contributed by atoms with Gasteiger partial charge < -0.3 is 13.8 Å². The topological polar surface area (TPSA) is 61.8 Å². The highest BCUT2D eigenvalue weighted by atomic mass is 31.2. The molecule has 0 spiro atoms. The van der Waals surface area contributed by atoms with E-state index in [0.29, 0.717) is 0 Å². The summed E-state index contributed by atoms with van der Waals surface area (Å²) in [5.74, 6) is -0.956. The summed E-state index contributed by atoms with van der Waals surface area (Å²) in [6.45, 7) is 7.64. The van der Waals surface area contributed by atoms with E-state index in [1.54, 1.807) is 20.8 Å². The molecule has 0 unspecified atom stereocenters. The summed E-state index contributed by atoms with van der Waals surface area (Å²) < 4.78 is 29.6. The lowest BCUT2D eigenvalue weighted by Crippen LogP contribution is -2.31. The molecule has 0 fully saturated rings. The van der Waals surface area contributed by atoms with Crippen molar-refractivity contribution in [2.24, 2.45) is 0 Å². The van der Waals surface area contributed by atoms with Crippen LogP contribution in [0.25, 0.3) is 10.8 Å². The second kappa shape index (κ2) is 9.31. The van der Waals surface area contributed by atoms with Gasteiger partial charge in [0.05, 0.1) is 19.8 Å². The van der Waals surface area contributed by atoms with E-state index in [0.717, 1.165) is 16.3 Å². The molecule has 0 aliphatic heterocycles. The Bertz CT molecular complexity index is 773. The van der Waals surface area contributed by atoms with E-state index in [9.17, 15) is 9.36 Å². The molecule has 2 atom stereocenters. The van der Waals surface area contributed by atoms with Crippen LogP contribution >= 0.6 is 7.60 Å². The fourth-order valence-electron chi connectivity index (χ4n) is 3.21. The van der Waals surface area contributed by atoms with Crippen molar-refractivity contribution in [3.63, 3.8) is 0 Å². The zero-order chi connectivity index (χ0) is 19.2. The van der Waals surface area contributed by atoms with Crippen LogP contribution in [0.2, 0.25) is 0 Å². The molecule has 2 aromatic carbocycles. The number of hydrogen-bond acceptors (Lipinski definition) is 5.